The molecule has 4 fully saturated rings. The van der Waals surface area contributed by atoms with Gasteiger partial charge in [0.05, 0.1) is 23.8 Å². The van der Waals surface area contributed by atoms with Crippen LogP contribution in [0, 0.1) is 23.2 Å². The highest BCUT2D eigenvalue weighted by atomic mass is 32.1. The summed E-state index contributed by atoms with van der Waals surface area (Å²) in [6.07, 6.45) is 8.44. The zero-order valence-electron chi connectivity index (χ0n) is 16.4. The highest BCUT2D eigenvalue weighted by molar-refractivity contribution is 7.09. The van der Waals surface area contributed by atoms with Crippen LogP contribution in [0.25, 0.3) is 0 Å². The summed E-state index contributed by atoms with van der Waals surface area (Å²) in [5.74, 6) is 2.85. The van der Waals surface area contributed by atoms with Gasteiger partial charge in [0.1, 0.15) is 0 Å². The van der Waals surface area contributed by atoms with Crippen LogP contribution in [-0.2, 0) is 16.1 Å². The minimum atomic E-state index is -0.145. The molecule has 4 bridgehead atoms. The van der Waals surface area contributed by atoms with E-state index in [0.29, 0.717) is 18.9 Å². The lowest BCUT2D eigenvalue weighted by molar-refractivity contribution is -0.131. The van der Waals surface area contributed by atoms with Crippen molar-refractivity contribution in [3.05, 3.63) is 16.1 Å². The van der Waals surface area contributed by atoms with Gasteiger partial charge in [-0.25, -0.2) is 4.98 Å². The number of aromatic nitrogens is 1. The summed E-state index contributed by atoms with van der Waals surface area (Å²) in [4.78, 5) is 29.1. The van der Waals surface area contributed by atoms with E-state index < -0.39 is 0 Å². The lowest BCUT2D eigenvalue weighted by atomic mass is 9.49. The van der Waals surface area contributed by atoms with Gasteiger partial charge in [0.25, 0.3) is 0 Å². The second-order valence-corrected chi connectivity index (χ2v) is 10.4. The first-order valence-corrected chi connectivity index (χ1v) is 11.3. The molecule has 0 aliphatic heterocycles. The van der Waals surface area contributed by atoms with E-state index >= 15 is 0 Å². The molecule has 4 aliphatic carbocycles. The maximum atomic E-state index is 12.5. The third kappa shape index (κ3) is 4.36. The van der Waals surface area contributed by atoms with Crippen LogP contribution in [0.4, 0.5) is 0 Å². The van der Waals surface area contributed by atoms with Crippen molar-refractivity contribution in [1.82, 2.24) is 15.6 Å². The van der Waals surface area contributed by atoms with Crippen molar-refractivity contribution >= 4 is 23.2 Å². The lowest BCUT2D eigenvalue weighted by Crippen LogP contribution is -2.48. The Bertz CT molecular complexity index is 677. The van der Waals surface area contributed by atoms with Gasteiger partial charge in [-0.05, 0) is 61.7 Å². The summed E-state index contributed by atoms with van der Waals surface area (Å²) in [7, 11) is 0. The molecule has 1 aromatic rings. The summed E-state index contributed by atoms with van der Waals surface area (Å²) in [6.45, 7) is 4.71. The zero-order valence-corrected chi connectivity index (χ0v) is 17.2. The van der Waals surface area contributed by atoms with Crippen LogP contribution in [0.1, 0.15) is 75.4 Å². The Labute approximate surface area is 165 Å². The molecule has 0 atom stereocenters. The topological polar surface area (TPSA) is 71.1 Å². The predicted octanol–water partition coefficient (Wildman–Crippen LogP) is 3.61. The molecule has 1 aromatic heterocycles. The van der Waals surface area contributed by atoms with Crippen molar-refractivity contribution in [3.8, 4) is 0 Å². The molecule has 5 nitrogen and oxygen atoms in total. The fourth-order valence-corrected chi connectivity index (χ4v) is 6.84. The van der Waals surface area contributed by atoms with E-state index in [1.165, 1.54) is 38.5 Å². The molecular weight excluding hydrogens is 358 g/mol. The number of thiazole rings is 1. The summed E-state index contributed by atoms with van der Waals surface area (Å²) in [6, 6.07) is 0. The summed E-state index contributed by atoms with van der Waals surface area (Å²) in [5.41, 5.74) is 1.11. The molecule has 0 spiro atoms. The largest absolute Gasteiger partial charge is 0.349 e. The second kappa shape index (κ2) is 7.53. The quantitative estimate of drug-likeness (QED) is 0.748. The molecule has 2 N–H and O–H groups in total. The average Bonchev–Trinajstić information content (AvgIpc) is 3.06. The predicted molar refractivity (Wildman–Crippen MR) is 106 cm³/mol. The monoisotopic (exact) mass is 389 g/mol. The van der Waals surface area contributed by atoms with Crippen molar-refractivity contribution in [3.63, 3.8) is 0 Å². The van der Waals surface area contributed by atoms with Gasteiger partial charge in [-0.1, -0.05) is 13.8 Å². The van der Waals surface area contributed by atoms with Gasteiger partial charge in [0.15, 0.2) is 0 Å². The van der Waals surface area contributed by atoms with Crippen LogP contribution in [0.3, 0.4) is 0 Å². The van der Waals surface area contributed by atoms with Gasteiger partial charge in [0, 0.05) is 17.7 Å². The fourth-order valence-electron chi connectivity index (χ4n) is 6.01. The van der Waals surface area contributed by atoms with Crippen molar-refractivity contribution < 1.29 is 9.59 Å². The van der Waals surface area contributed by atoms with Crippen molar-refractivity contribution in [2.45, 2.75) is 71.3 Å². The first-order chi connectivity index (χ1) is 12.9. The van der Waals surface area contributed by atoms with E-state index in [-0.39, 0.29) is 23.8 Å². The minimum Gasteiger partial charge on any atom is -0.349 e. The number of amides is 2. The second-order valence-electron chi connectivity index (χ2n) is 9.48. The van der Waals surface area contributed by atoms with E-state index in [1.807, 2.05) is 5.38 Å². The number of nitrogens with zero attached hydrogens (tertiary/aromatic N) is 1. The van der Waals surface area contributed by atoms with Crippen molar-refractivity contribution in [2.75, 3.05) is 6.54 Å². The SMILES string of the molecule is CC(C)c1nc(CNC(=O)CNC(=O)CC23CC4CC(CC(C4)C2)C3)cs1. The molecule has 6 heteroatoms. The maximum absolute atomic E-state index is 12.5. The molecular formula is C21H31N3O2S. The smallest absolute Gasteiger partial charge is 0.239 e. The molecule has 0 aromatic carbocycles. The third-order valence-corrected chi connectivity index (χ3v) is 7.87. The van der Waals surface area contributed by atoms with Gasteiger partial charge in [0.2, 0.25) is 11.8 Å². The summed E-state index contributed by atoms with van der Waals surface area (Å²) < 4.78 is 0. The van der Waals surface area contributed by atoms with Crippen molar-refractivity contribution in [1.29, 1.82) is 0 Å². The first-order valence-electron chi connectivity index (χ1n) is 10.4. The number of hydrogen-bond acceptors (Lipinski definition) is 4. The molecule has 1 heterocycles. The van der Waals surface area contributed by atoms with Crippen LogP contribution in [0.5, 0.6) is 0 Å². The summed E-state index contributed by atoms with van der Waals surface area (Å²) in [5, 5.41) is 8.78. The molecule has 0 saturated heterocycles. The minimum absolute atomic E-state index is 0.0443. The number of rotatable bonds is 7. The van der Waals surface area contributed by atoms with Gasteiger partial charge in [-0.2, -0.15) is 0 Å². The Morgan fingerprint density at radius 1 is 1.11 bits per heavy atom. The van der Waals surface area contributed by atoms with Crippen LogP contribution >= 0.6 is 11.3 Å². The van der Waals surface area contributed by atoms with Crippen LogP contribution in [0.2, 0.25) is 0 Å². The first kappa shape index (κ1) is 18.9. The standard InChI is InChI=1S/C21H31N3O2S/c1-13(2)20-24-17(12-27-20)10-22-19(26)11-23-18(25)9-21-6-14-3-15(7-21)5-16(4-14)8-21/h12-16H,3-11H2,1-2H3,(H,22,26)(H,23,25). The zero-order chi connectivity index (χ0) is 19.0. The van der Waals surface area contributed by atoms with Gasteiger partial charge in [-0.3, -0.25) is 9.59 Å². The van der Waals surface area contributed by atoms with Gasteiger partial charge < -0.3 is 10.6 Å². The molecule has 4 aliphatic rings. The normalized spacial score (nSPS) is 31.3. The van der Waals surface area contributed by atoms with Crippen LogP contribution in [0.15, 0.2) is 5.38 Å². The lowest BCUT2D eigenvalue weighted by Gasteiger charge is -2.56. The van der Waals surface area contributed by atoms with Crippen molar-refractivity contribution in [2.24, 2.45) is 23.2 Å². The van der Waals surface area contributed by atoms with E-state index in [2.05, 4.69) is 29.5 Å². The molecule has 0 radical (unpaired) electrons. The van der Waals surface area contributed by atoms with Crippen LogP contribution < -0.4 is 10.6 Å². The summed E-state index contributed by atoms with van der Waals surface area (Å²) >= 11 is 1.63. The highest BCUT2D eigenvalue weighted by Crippen LogP contribution is 2.61. The molecule has 0 unspecified atom stereocenters. The Morgan fingerprint density at radius 2 is 1.74 bits per heavy atom. The molecule has 2 amide bonds. The molecule has 4 saturated carbocycles. The Hall–Kier alpha value is -1.43. The molecule has 27 heavy (non-hydrogen) atoms. The number of hydrogen-bond donors (Lipinski definition) is 2. The number of carbonyl (C=O) groups is 2. The van der Waals surface area contributed by atoms with Crippen LogP contribution in [-0.4, -0.2) is 23.3 Å². The van der Waals surface area contributed by atoms with E-state index in [0.717, 1.165) is 28.5 Å². The fraction of sp³-hybridized carbons (Fsp3) is 0.762. The number of nitrogens with one attached hydrogen (secondary N) is 2. The third-order valence-electron chi connectivity index (χ3n) is 6.68. The Kier molecular flexibility index (Phi) is 5.28. The Morgan fingerprint density at radius 3 is 2.30 bits per heavy atom. The van der Waals surface area contributed by atoms with Gasteiger partial charge >= 0.3 is 0 Å². The molecule has 5 rings (SSSR count). The van der Waals surface area contributed by atoms with E-state index in [9.17, 15) is 9.59 Å². The maximum Gasteiger partial charge on any atom is 0.239 e. The average molecular weight is 390 g/mol. The van der Waals surface area contributed by atoms with Gasteiger partial charge in [-0.15, -0.1) is 11.3 Å². The highest BCUT2D eigenvalue weighted by Gasteiger charge is 2.51. The Balaban J connectivity index is 1.20. The van der Waals surface area contributed by atoms with E-state index in [4.69, 9.17) is 0 Å². The van der Waals surface area contributed by atoms with E-state index in [1.54, 1.807) is 11.3 Å². The molecule has 148 valence electrons. The number of carbonyl (C=O) groups excluding carboxylic acids is 2.